The van der Waals surface area contributed by atoms with Gasteiger partial charge in [-0.3, -0.25) is 19.2 Å². The molecule has 0 atom stereocenters. The Hall–Kier alpha value is -8.71. The van der Waals surface area contributed by atoms with Gasteiger partial charge in [0.2, 0.25) is 0 Å². The topological polar surface area (TPSA) is 113 Å². The van der Waals surface area contributed by atoms with Crippen LogP contribution in [0, 0.1) is 6.92 Å². The van der Waals surface area contributed by atoms with Crippen LogP contribution >= 0.6 is 7.14 Å². The largest absolute Gasteiger partial charge is 0.457 e. The van der Waals surface area contributed by atoms with E-state index in [0.717, 1.165) is 27.6 Å². The summed E-state index contributed by atoms with van der Waals surface area (Å²) in [7, 11) is -2.68. The van der Waals surface area contributed by atoms with Gasteiger partial charge in [0, 0.05) is 62.2 Å². The van der Waals surface area contributed by atoms with E-state index in [-0.39, 0.29) is 34.0 Å². The third-order valence-corrected chi connectivity index (χ3v) is 17.8. The molecule has 396 valence electrons. The molecule has 9 aromatic rings. The second-order valence-electron chi connectivity index (χ2n) is 21.4. The van der Waals surface area contributed by atoms with E-state index >= 15 is 0 Å². The van der Waals surface area contributed by atoms with Crippen molar-refractivity contribution in [1.82, 2.24) is 0 Å². The number of ether oxygens (including phenoxy) is 3. The Labute approximate surface area is 463 Å². The van der Waals surface area contributed by atoms with Crippen molar-refractivity contribution in [1.29, 1.82) is 0 Å². The average Bonchev–Trinajstić information content (AvgIpc) is 3.51. The van der Waals surface area contributed by atoms with Gasteiger partial charge in [0.15, 0.2) is 23.1 Å². The van der Waals surface area contributed by atoms with E-state index in [1.807, 2.05) is 99.6 Å². The van der Waals surface area contributed by atoms with Crippen molar-refractivity contribution in [3.05, 3.63) is 279 Å². The van der Waals surface area contributed by atoms with Crippen molar-refractivity contribution in [2.45, 2.75) is 66.2 Å². The molecule has 79 heavy (non-hydrogen) atoms. The third-order valence-electron chi connectivity index (χ3n) is 14.6. The van der Waals surface area contributed by atoms with Crippen molar-refractivity contribution < 1.29 is 38.0 Å². The first-order valence-corrected chi connectivity index (χ1v) is 28.6. The minimum atomic E-state index is -2.68. The average molecular weight is 1060 g/mol. The smallest absolute Gasteiger partial charge is 0.193 e. The number of ketones is 4. The Morgan fingerprint density at radius 2 is 0.671 bits per heavy atom. The van der Waals surface area contributed by atoms with Gasteiger partial charge in [-0.05, 0) is 150 Å². The summed E-state index contributed by atoms with van der Waals surface area (Å²) in [6, 6.07) is 63.5. The quantitative estimate of drug-likeness (QED) is 0.0581. The second-order valence-corrected chi connectivity index (χ2v) is 24.9. The number of carbonyl (C=O) groups excluding carboxylic acids is 4. The molecule has 0 heterocycles. The minimum absolute atomic E-state index is 0.118. The Kier molecular flexibility index (Phi) is 16.1. The van der Waals surface area contributed by atoms with Gasteiger partial charge in [0.1, 0.15) is 41.6 Å². The number of aryl methyl sites for hydroxylation is 1. The van der Waals surface area contributed by atoms with E-state index in [1.165, 1.54) is 0 Å². The van der Waals surface area contributed by atoms with Crippen molar-refractivity contribution >= 4 is 35.6 Å². The molecule has 0 N–H and O–H groups in total. The van der Waals surface area contributed by atoms with Crippen molar-refractivity contribution in [3.8, 4) is 34.5 Å². The van der Waals surface area contributed by atoms with E-state index in [0.29, 0.717) is 91.3 Å². The van der Waals surface area contributed by atoms with Gasteiger partial charge in [-0.1, -0.05) is 145 Å². The highest BCUT2D eigenvalue weighted by atomic mass is 31.2. The van der Waals surface area contributed by atoms with Crippen LogP contribution in [0.5, 0.6) is 34.5 Å². The van der Waals surface area contributed by atoms with Crippen molar-refractivity contribution in [2.24, 2.45) is 0 Å². The Morgan fingerprint density at radius 3 is 1.00 bits per heavy atom. The van der Waals surface area contributed by atoms with Crippen LogP contribution in [0.1, 0.15) is 134 Å². The van der Waals surface area contributed by atoms with E-state index < -0.39 is 7.14 Å². The van der Waals surface area contributed by atoms with Crippen LogP contribution in [0.4, 0.5) is 0 Å². The molecule has 9 aromatic carbocycles. The first kappa shape index (κ1) is 55.1. The first-order chi connectivity index (χ1) is 37.8. The lowest BCUT2D eigenvalue weighted by atomic mass is 9.78. The van der Waals surface area contributed by atoms with Gasteiger partial charge >= 0.3 is 0 Å². The zero-order valence-electron chi connectivity index (χ0n) is 45.8. The molecule has 0 aliphatic heterocycles. The lowest BCUT2D eigenvalue weighted by Crippen LogP contribution is -2.18. The number of hydrogen-bond acceptors (Lipinski definition) is 8. The molecule has 0 aliphatic carbocycles. The molecule has 0 spiro atoms. The first-order valence-electron chi connectivity index (χ1n) is 26.6. The highest BCUT2D eigenvalue weighted by Gasteiger charge is 2.28. The van der Waals surface area contributed by atoms with Crippen LogP contribution in [0.15, 0.2) is 212 Å². The lowest BCUT2D eigenvalue weighted by molar-refractivity contribution is 0.102. The van der Waals surface area contributed by atoms with Crippen LogP contribution in [0.2, 0.25) is 0 Å². The maximum atomic E-state index is 14.0. The van der Waals surface area contributed by atoms with Gasteiger partial charge in [-0.15, -0.1) is 0 Å². The maximum absolute atomic E-state index is 14.0. The van der Waals surface area contributed by atoms with Gasteiger partial charge in [-0.2, -0.15) is 0 Å². The van der Waals surface area contributed by atoms with Gasteiger partial charge in [-0.25, -0.2) is 0 Å². The maximum Gasteiger partial charge on any atom is 0.193 e. The normalized spacial score (nSPS) is 11.6. The van der Waals surface area contributed by atoms with Gasteiger partial charge in [0.05, 0.1) is 5.30 Å². The molecule has 0 amide bonds. The number of hydrogen-bond donors (Lipinski definition) is 0. The summed E-state index contributed by atoms with van der Waals surface area (Å²) >= 11 is 0. The fraction of sp³-hybridized carbons (Fsp3) is 0.171. The summed E-state index contributed by atoms with van der Waals surface area (Å²) in [5.41, 5.74) is 7.46. The lowest BCUT2D eigenvalue weighted by Gasteiger charge is -2.26. The van der Waals surface area contributed by atoms with Crippen LogP contribution in [-0.4, -0.2) is 35.5 Å². The SMILES string of the molecule is CCP(=O)(CC)c1cc(C(C)(C)C)ccc1Oc1ccc(C(=O)c2cccc(C(=O)c3ccc(Oc4ccc(C(C)(C)c5ccc(Oc6ccc(C(=O)c7cccc(C(=O)c8ccc(C)cc8)c7)cc6)cc5)cc4)cc3)c2)cc1. The molecule has 0 radical (unpaired) electrons. The standard InChI is InChI=1S/C70H63O8P/c1-9-79(75,10-2)64-45-57(69(4,5)6)31-42-63(64)78-62-36-25-50(26-37-62)68(74)54-16-12-15-53(44-54)67(73)49-23-34-59(35-24-49)77-61-40-29-56(30-41-61)70(7,8)55-27-38-60(39-28-55)76-58-32-21-48(22-33-58)66(72)52-14-11-13-51(43-52)65(71)47-19-17-46(3)18-20-47/h11-45H,9-10H2,1-8H3. The Bertz CT molecular complexity index is 3730. The molecular weight excluding hydrogens is 1000 g/mol. The molecule has 0 saturated heterocycles. The molecule has 0 bridgehead atoms. The summed E-state index contributed by atoms with van der Waals surface area (Å²) in [5, 5.41) is 0.738. The number of carbonyl (C=O) groups is 4. The van der Waals surface area contributed by atoms with E-state index in [2.05, 4.69) is 34.6 Å². The molecule has 9 heteroatoms. The van der Waals surface area contributed by atoms with Crippen LogP contribution in [0.25, 0.3) is 0 Å². The second kappa shape index (κ2) is 23.1. The van der Waals surface area contributed by atoms with E-state index in [9.17, 15) is 23.7 Å². The molecular formula is C70H63O8P. The van der Waals surface area contributed by atoms with Crippen LogP contribution in [-0.2, 0) is 15.4 Å². The molecule has 0 aromatic heterocycles. The van der Waals surface area contributed by atoms with Crippen molar-refractivity contribution in [2.75, 3.05) is 12.3 Å². The fourth-order valence-corrected chi connectivity index (χ4v) is 11.4. The van der Waals surface area contributed by atoms with Crippen LogP contribution < -0.4 is 19.5 Å². The molecule has 0 aliphatic rings. The zero-order valence-corrected chi connectivity index (χ0v) is 46.7. The highest BCUT2D eigenvalue weighted by molar-refractivity contribution is 7.71. The third kappa shape index (κ3) is 12.5. The summed E-state index contributed by atoms with van der Waals surface area (Å²) in [6.45, 7) is 16.6. The fourth-order valence-electron chi connectivity index (χ4n) is 9.40. The molecule has 0 fully saturated rings. The van der Waals surface area contributed by atoms with Crippen LogP contribution in [0.3, 0.4) is 0 Å². The molecule has 0 unspecified atom stereocenters. The van der Waals surface area contributed by atoms with E-state index in [1.54, 1.807) is 133 Å². The highest BCUT2D eigenvalue weighted by Crippen LogP contribution is 2.48. The molecule has 0 saturated carbocycles. The van der Waals surface area contributed by atoms with Gasteiger partial charge in [0.25, 0.3) is 0 Å². The Morgan fingerprint density at radius 1 is 0.367 bits per heavy atom. The summed E-state index contributed by atoms with van der Waals surface area (Å²) in [6.07, 6.45) is 1.06. The minimum Gasteiger partial charge on any atom is -0.457 e. The summed E-state index contributed by atoms with van der Waals surface area (Å²) in [5.74, 6) is 2.74. The van der Waals surface area contributed by atoms with Crippen molar-refractivity contribution in [3.63, 3.8) is 0 Å². The predicted molar refractivity (Wildman–Crippen MR) is 316 cm³/mol. The zero-order chi connectivity index (χ0) is 56.1. The number of rotatable bonds is 19. The summed E-state index contributed by atoms with van der Waals surface area (Å²) in [4.78, 5) is 54.0. The number of benzene rings is 9. The monoisotopic (exact) mass is 1060 g/mol. The Balaban J connectivity index is 0.782. The molecule has 9 rings (SSSR count). The molecule has 8 nitrogen and oxygen atoms in total. The summed E-state index contributed by atoms with van der Waals surface area (Å²) < 4.78 is 32.7. The predicted octanol–water partition coefficient (Wildman–Crippen LogP) is 16.9. The van der Waals surface area contributed by atoms with Gasteiger partial charge < -0.3 is 18.8 Å². The van der Waals surface area contributed by atoms with E-state index in [4.69, 9.17) is 14.2 Å².